The first-order valence-electron chi connectivity index (χ1n) is 12.7. The number of hydrogen-bond acceptors (Lipinski definition) is 3. The largest absolute Gasteiger partial charge is 0.472 e. The first-order chi connectivity index (χ1) is 14.1. The number of hydrogen-bond donors (Lipinski definition) is 1. The van der Waals surface area contributed by atoms with Crippen LogP contribution in [0.15, 0.2) is 0 Å². The van der Waals surface area contributed by atoms with Gasteiger partial charge in [-0.05, 0) is 12.8 Å². The van der Waals surface area contributed by atoms with E-state index in [2.05, 4.69) is 13.8 Å². The van der Waals surface area contributed by atoms with Crippen molar-refractivity contribution in [3.63, 3.8) is 0 Å². The van der Waals surface area contributed by atoms with Crippen LogP contribution >= 0.6 is 7.82 Å². The second-order valence-corrected chi connectivity index (χ2v) is 9.95. The van der Waals surface area contributed by atoms with Crippen LogP contribution in [0, 0.1) is 0 Å². The summed E-state index contributed by atoms with van der Waals surface area (Å²) >= 11 is 0. The Labute approximate surface area is 201 Å². The Hall–Kier alpha value is 0.733. The van der Waals surface area contributed by atoms with Gasteiger partial charge in [0.05, 0.1) is 13.2 Å². The third kappa shape index (κ3) is 26.8. The van der Waals surface area contributed by atoms with Crippen LogP contribution in [-0.4, -0.2) is 18.1 Å². The van der Waals surface area contributed by atoms with Crippen molar-refractivity contribution in [3.8, 4) is 0 Å². The summed E-state index contributed by atoms with van der Waals surface area (Å²) in [5.41, 5.74) is 0. The second kappa shape index (κ2) is 26.0. The summed E-state index contributed by atoms with van der Waals surface area (Å²) in [4.78, 5) is 9.71. The third-order valence-electron chi connectivity index (χ3n) is 5.50. The average molecular weight is 500 g/mol. The second-order valence-electron chi connectivity index (χ2n) is 8.50. The van der Waals surface area contributed by atoms with E-state index in [4.69, 9.17) is 9.05 Å². The fourth-order valence-electron chi connectivity index (χ4n) is 3.58. The molecule has 0 aliphatic heterocycles. The number of unbranched alkanes of at least 4 members (excludes halogenated alkanes) is 18. The average Bonchev–Trinajstić information content (AvgIpc) is 2.70. The van der Waals surface area contributed by atoms with E-state index in [1.807, 2.05) is 0 Å². The van der Waals surface area contributed by atoms with Gasteiger partial charge in [0.25, 0.3) is 0 Å². The fraction of sp³-hybridized carbons (Fsp3) is 1.00. The van der Waals surface area contributed by atoms with Crippen molar-refractivity contribution >= 4 is 7.82 Å². The van der Waals surface area contributed by atoms with Crippen molar-refractivity contribution in [2.24, 2.45) is 0 Å². The first kappa shape index (κ1) is 32.9. The molecule has 0 rings (SSSR count). The quantitative estimate of drug-likeness (QED) is 0.0817. The summed E-state index contributed by atoms with van der Waals surface area (Å²) in [5, 5.41) is 0. The van der Waals surface area contributed by atoms with Crippen LogP contribution in [0.25, 0.3) is 0 Å². The summed E-state index contributed by atoms with van der Waals surface area (Å²) in [6, 6.07) is 0. The maximum Gasteiger partial charge on any atom is 0.472 e. The molecule has 178 valence electrons. The van der Waals surface area contributed by atoms with Crippen molar-refractivity contribution in [2.45, 2.75) is 142 Å². The number of phosphoric acid groups is 1. The maximum atomic E-state index is 11.8. The summed E-state index contributed by atoms with van der Waals surface area (Å²) in [6.45, 7) is 5.14. The van der Waals surface area contributed by atoms with Crippen LogP contribution in [0.4, 0.5) is 0 Å². The van der Waals surface area contributed by atoms with Gasteiger partial charge in [0.15, 0.2) is 0 Å². The molecule has 0 saturated heterocycles. The molecule has 0 unspecified atom stereocenters. The van der Waals surface area contributed by atoms with E-state index in [0.717, 1.165) is 25.7 Å². The molecule has 0 fully saturated rings. The molecule has 0 aromatic carbocycles. The monoisotopic (exact) mass is 498 g/mol. The maximum absolute atomic E-state index is 11.8. The molecule has 1 N–H and O–H groups in total. The molecule has 0 saturated carbocycles. The Balaban J connectivity index is 0. The zero-order chi connectivity index (χ0) is 21.5. The van der Waals surface area contributed by atoms with Crippen LogP contribution in [0.1, 0.15) is 142 Å². The van der Waals surface area contributed by atoms with Gasteiger partial charge in [-0.2, -0.15) is 0 Å². The van der Waals surface area contributed by atoms with Gasteiger partial charge in [0.2, 0.25) is 0 Å². The van der Waals surface area contributed by atoms with Gasteiger partial charge < -0.3 is 4.89 Å². The van der Waals surface area contributed by atoms with Crippen molar-refractivity contribution in [1.82, 2.24) is 0 Å². The summed E-state index contributed by atoms with van der Waals surface area (Å²) < 4.78 is 22.0. The molecule has 4 nitrogen and oxygen atoms in total. The molecule has 0 bridgehead atoms. The van der Waals surface area contributed by atoms with Gasteiger partial charge in [-0.15, -0.1) is 0 Å². The summed E-state index contributed by atoms with van der Waals surface area (Å²) in [7, 11) is -3.85. The van der Waals surface area contributed by atoms with Crippen LogP contribution in [0.2, 0.25) is 0 Å². The van der Waals surface area contributed by atoms with E-state index in [1.165, 1.54) is 103 Å². The fourth-order valence-corrected chi connectivity index (χ4v) is 4.37. The first-order valence-corrected chi connectivity index (χ1v) is 14.2. The van der Waals surface area contributed by atoms with Crippen molar-refractivity contribution in [1.29, 1.82) is 0 Å². The van der Waals surface area contributed by atoms with E-state index < -0.39 is 7.82 Å². The summed E-state index contributed by atoms with van der Waals surface area (Å²) in [6.07, 6.45) is 24.8. The Kier molecular flexibility index (Phi) is 28.5. The Morgan fingerprint density at radius 1 is 0.500 bits per heavy atom. The van der Waals surface area contributed by atoms with E-state index >= 15 is 0 Å². The molecule has 0 aromatic rings. The molecule has 30 heavy (non-hydrogen) atoms. The van der Waals surface area contributed by atoms with Crippen LogP contribution in [0.5, 0.6) is 0 Å². The molecule has 0 aliphatic carbocycles. The number of phosphoric ester groups is 1. The van der Waals surface area contributed by atoms with Gasteiger partial charge in [-0.25, -0.2) is 4.57 Å². The van der Waals surface area contributed by atoms with Crippen LogP contribution in [-0.2, 0) is 33.1 Å². The molecule has 0 amide bonds. The molecule has 0 spiro atoms. The molecule has 6 heteroatoms. The third-order valence-corrected chi connectivity index (χ3v) is 6.52. The van der Waals surface area contributed by atoms with E-state index in [1.54, 1.807) is 0 Å². The Bertz CT molecular complexity index is 339. The smallest absolute Gasteiger partial charge is 0.302 e. The predicted molar refractivity (Wildman–Crippen MR) is 125 cm³/mol. The molecule has 0 aromatic heterocycles. The summed E-state index contributed by atoms with van der Waals surface area (Å²) in [5.74, 6) is 0. The normalized spacial score (nSPS) is 11.6. The topological polar surface area (TPSA) is 55.8 Å². The van der Waals surface area contributed by atoms with Gasteiger partial charge in [0, 0.05) is 19.5 Å². The van der Waals surface area contributed by atoms with E-state index in [-0.39, 0.29) is 19.5 Å². The van der Waals surface area contributed by atoms with Crippen molar-refractivity contribution in [2.75, 3.05) is 13.2 Å². The SMILES string of the molecule is CCCCCCCCCCCCOP(=O)(O)OCCCCCCCCCCCC.[Zn]. The van der Waals surface area contributed by atoms with Gasteiger partial charge >= 0.3 is 7.82 Å². The molecule has 0 heterocycles. The van der Waals surface area contributed by atoms with E-state index in [9.17, 15) is 9.46 Å². The Morgan fingerprint density at radius 2 is 0.733 bits per heavy atom. The minimum absolute atomic E-state index is 0. The molecular formula is C24H51O4PZn. The minimum atomic E-state index is -3.85. The minimum Gasteiger partial charge on any atom is -0.302 e. The van der Waals surface area contributed by atoms with Crippen molar-refractivity contribution in [3.05, 3.63) is 0 Å². The molecule has 0 aliphatic rings. The van der Waals surface area contributed by atoms with Gasteiger partial charge in [-0.3, -0.25) is 9.05 Å². The number of rotatable bonds is 24. The van der Waals surface area contributed by atoms with Crippen LogP contribution < -0.4 is 0 Å². The van der Waals surface area contributed by atoms with Gasteiger partial charge in [-0.1, -0.05) is 129 Å². The van der Waals surface area contributed by atoms with E-state index in [0.29, 0.717) is 13.2 Å². The zero-order valence-electron chi connectivity index (χ0n) is 20.4. The molecule has 0 radical (unpaired) electrons. The van der Waals surface area contributed by atoms with Crippen LogP contribution in [0.3, 0.4) is 0 Å². The standard InChI is InChI=1S/C24H51O4P.Zn/c1-3-5-7-9-11-13-15-17-19-21-23-27-29(25,26)28-24-22-20-18-16-14-12-10-8-6-4-2;/h3-24H2,1-2H3,(H,25,26);. The predicted octanol–water partition coefficient (Wildman–Crippen LogP) is 8.96. The Morgan fingerprint density at radius 3 is 1.00 bits per heavy atom. The van der Waals surface area contributed by atoms with Crippen molar-refractivity contribution < 1.29 is 38.0 Å². The zero-order valence-corrected chi connectivity index (χ0v) is 24.2. The van der Waals surface area contributed by atoms with Gasteiger partial charge in [0.1, 0.15) is 0 Å². The molecular weight excluding hydrogens is 449 g/mol. The molecule has 0 atom stereocenters.